The van der Waals surface area contributed by atoms with Crippen LogP contribution < -0.4 is 9.80 Å². The van der Waals surface area contributed by atoms with Crippen molar-refractivity contribution in [3.05, 3.63) is 36.7 Å². The number of amides is 2. The first-order valence-electron chi connectivity index (χ1n) is 4.43. The van der Waals surface area contributed by atoms with Crippen molar-refractivity contribution in [2.45, 2.75) is 0 Å². The SMILES string of the molecule is O=C(O)N1C=CN(C(=O)O)c2ccccc21. The summed E-state index contributed by atoms with van der Waals surface area (Å²) in [6.45, 7) is 0. The molecule has 0 unspecified atom stereocenters. The molecular weight excluding hydrogens is 212 g/mol. The molecule has 2 rings (SSSR count). The molecule has 6 heteroatoms. The molecule has 0 saturated heterocycles. The monoisotopic (exact) mass is 220 g/mol. The molecule has 0 spiro atoms. The molecule has 2 amide bonds. The van der Waals surface area contributed by atoms with Crippen molar-refractivity contribution in [1.82, 2.24) is 0 Å². The van der Waals surface area contributed by atoms with Crippen LogP contribution in [-0.4, -0.2) is 22.4 Å². The first kappa shape index (κ1) is 10.0. The molecule has 0 bridgehead atoms. The number of hydrogen-bond acceptors (Lipinski definition) is 2. The van der Waals surface area contributed by atoms with Gasteiger partial charge in [-0.1, -0.05) is 12.1 Å². The molecule has 0 aromatic heterocycles. The molecule has 0 radical (unpaired) electrons. The molecule has 1 aromatic carbocycles. The molecule has 1 heterocycles. The zero-order chi connectivity index (χ0) is 11.7. The van der Waals surface area contributed by atoms with E-state index in [1.807, 2.05) is 0 Å². The molecule has 1 aliphatic rings. The molecule has 82 valence electrons. The predicted molar refractivity (Wildman–Crippen MR) is 56.6 cm³/mol. The summed E-state index contributed by atoms with van der Waals surface area (Å²) in [7, 11) is 0. The first-order chi connectivity index (χ1) is 7.61. The first-order valence-corrected chi connectivity index (χ1v) is 4.43. The number of hydrogen-bond donors (Lipinski definition) is 2. The summed E-state index contributed by atoms with van der Waals surface area (Å²) in [5.74, 6) is 0. The Bertz CT molecular complexity index is 440. The fourth-order valence-electron chi connectivity index (χ4n) is 1.50. The Hall–Kier alpha value is -2.50. The van der Waals surface area contributed by atoms with Gasteiger partial charge in [-0.15, -0.1) is 0 Å². The van der Waals surface area contributed by atoms with Gasteiger partial charge in [0.05, 0.1) is 11.4 Å². The molecule has 0 aliphatic carbocycles. The number of para-hydroxylation sites is 2. The van der Waals surface area contributed by atoms with E-state index in [4.69, 9.17) is 10.2 Å². The van der Waals surface area contributed by atoms with Crippen molar-refractivity contribution in [2.24, 2.45) is 0 Å². The van der Waals surface area contributed by atoms with Crippen LogP contribution in [0.25, 0.3) is 0 Å². The van der Waals surface area contributed by atoms with E-state index in [1.54, 1.807) is 24.3 Å². The summed E-state index contributed by atoms with van der Waals surface area (Å²) in [5.41, 5.74) is 0.639. The zero-order valence-electron chi connectivity index (χ0n) is 8.07. The maximum absolute atomic E-state index is 10.9. The maximum atomic E-state index is 10.9. The normalized spacial score (nSPS) is 13.5. The Morgan fingerprint density at radius 3 is 1.56 bits per heavy atom. The summed E-state index contributed by atoms with van der Waals surface area (Å²) in [6.07, 6.45) is 0.0693. The molecule has 0 saturated carbocycles. The van der Waals surface area contributed by atoms with E-state index in [9.17, 15) is 9.59 Å². The number of fused-ring (bicyclic) bond motifs is 1. The summed E-state index contributed by atoms with van der Waals surface area (Å²) >= 11 is 0. The molecule has 1 aliphatic heterocycles. The number of carboxylic acid groups (broad SMARTS) is 2. The fraction of sp³-hybridized carbons (Fsp3) is 0. The predicted octanol–water partition coefficient (Wildman–Crippen LogP) is 2.14. The van der Waals surface area contributed by atoms with Gasteiger partial charge in [-0.3, -0.25) is 0 Å². The molecule has 0 fully saturated rings. The van der Waals surface area contributed by atoms with Gasteiger partial charge in [0, 0.05) is 12.4 Å². The fourth-order valence-corrected chi connectivity index (χ4v) is 1.50. The van der Waals surface area contributed by atoms with Crippen LogP contribution in [0.3, 0.4) is 0 Å². The molecule has 6 nitrogen and oxygen atoms in total. The highest BCUT2D eigenvalue weighted by Crippen LogP contribution is 2.33. The largest absolute Gasteiger partial charge is 0.464 e. The Morgan fingerprint density at radius 2 is 1.25 bits per heavy atom. The van der Waals surface area contributed by atoms with E-state index >= 15 is 0 Å². The highest BCUT2D eigenvalue weighted by Gasteiger charge is 2.25. The molecule has 0 atom stereocenters. The third-order valence-electron chi connectivity index (χ3n) is 2.18. The number of carbonyl (C=O) groups is 2. The van der Waals surface area contributed by atoms with Crippen molar-refractivity contribution in [1.29, 1.82) is 0 Å². The van der Waals surface area contributed by atoms with Gasteiger partial charge in [-0.05, 0) is 12.1 Å². The molecule has 2 N–H and O–H groups in total. The van der Waals surface area contributed by atoms with E-state index in [1.165, 1.54) is 12.4 Å². The minimum atomic E-state index is -1.16. The second kappa shape index (κ2) is 3.58. The Kier molecular flexibility index (Phi) is 2.24. The lowest BCUT2D eigenvalue weighted by Crippen LogP contribution is -2.33. The smallest absolute Gasteiger partial charge is 0.416 e. The van der Waals surface area contributed by atoms with Crippen LogP contribution in [-0.2, 0) is 0 Å². The van der Waals surface area contributed by atoms with Crippen molar-refractivity contribution < 1.29 is 19.8 Å². The Balaban J connectivity index is 2.54. The van der Waals surface area contributed by atoms with Gasteiger partial charge in [0.25, 0.3) is 0 Å². The van der Waals surface area contributed by atoms with Gasteiger partial charge in [0.1, 0.15) is 0 Å². The van der Waals surface area contributed by atoms with Crippen LogP contribution >= 0.6 is 0 Å². The minimum Gasteiger partial charge on any atom is -0.464 e. The van der Waals surface area contributed by atoms with Crippen molar-refractivity contribution in [3.63, 3.8) is 0 Å². The van der Waals surface area contributed by atoms with E-state index in [2.05, 4.69) is 0 Å². The Morgan fingerprint density at radius 1 is 0.875 bits per heavy atom. The van der Waals surface area contributed by atoms with Crippen molar-refractivity contribution in [2.75, 3.05) is 9.80 Å². The number of anilines is 2. The van der Waals surface area contributed by atoms with Crippen LogP contribution in [0.4, 0.5) is 21.0 Å². The summed E-state index contributed by atoms with van der Waals surface area (Å²) in [6, 6.07) is 6.38. The zero-order valence-corrected chi connectivity index (χ0v) is 8.07. The van der Waals surface area contributed by atoms with Crippen LogP contribution in [0.2, 0.25) is 0 Å². The number of benzene rings is 1. The molecule has 16 heavy (non-hydrogen) atoms. The summed E-state index contributed by atoms with van der Waals surface area (Å²) in [5, 5.41) is 17.8. The number of rotatable bonds is 0. The quantitative estimate of drug-likeness (QED) is 0.701. The van der Waals surface area contributed by atoms with Gasteiger partial charge in [-0.25, -0.2) is 19.4 Å². The average Bonchev–Trinajstić information content (AvgIpc) is 2.27. The third-order valence-corrected chi connectivity index (χ3v) is 2.18. The van der Waals surface area contributed by atoms with Crippen LogP contribution in [0, 0.1) is 0 Å². The topological polar surface area (TPSA) is 81.1 Å². The maximum Gasteiger partial charge on any atom is 0.416 e. The summed E-state index contributed by atoms with van der Waals surface area (Å²) in [4.78, 5) is 23.7. The van der Waals surface area contributed by atoms with Gasteiger partial charge >= 0.3 is 12.2 Å². The molecular formula is C10H8N2O4. The third kappa shape index (κ3) is 1.46. The minimum absolute atomic E-state index is 0.319. The van der Waals surface area contributed by atoms with E-state index < -0.39 is 12.2 Å². The van der Waals surface area contributed by atoms with Crippen molar-refractivity contribution in [3.8, 4) is 0 Å². The Labute approximate surface area is 90.6 Å². The van der Waals surface area contributed by atoms with Crippen molar-refractivity contribution >= 4 is 23.6 Å². The second-order valence-electron chi connectivity index (χ2n) is 3.09. The average molecular weight is 220 g/mol. The second-order valence-corrected chi connectivity index (χ2v) is 3.09. The van der Waals surface area contributed by atoms with Crippen LogP contribution in [0.15, 0.2) is 36.7 Å². The van der Waals surface area contributed by atoms with E-state index in [0.29, 0.717) is 11.4 Å². The lowest BCUT2D eigenvalue weighted by molar-refractivity contribution is 0.201. The highest BCUT2D eigenvalue weighted by atomic mass is 16.4. The van der Waals surface area contributed by atoms with Gasteiger partial charge in [0.2, 0.25) is 0 Å². The van der Waals surface area contributed by atoms with Crippen LogP contribution in [0.5, 0.6) is 0 Å². The molecule has 1 aromatic rings. The lowest BCUT2D eigenvalue weighted by Gasteiger charge is -2.27. The number of nitrogens with zero attached hydrogens (tertiary/aromatic N) is 2. The summed E-state index contributed by atoms with van der Waals surface area (Å²) < 4.78 is 0. The lowest BCUT2D eigenvalue weighted by atomic mass is 10.2. The highest BCUT2D eigenvalue weighted by molar-refractivity contribution is 6.01. The van der Waals surface area contributed by atoms with E-state index in [0.717, 1.165) is 9.80 Å². The van der Waals surface area contributed by atoms with Gasteiger partial charge < -0.3 is 10.2 Å². The van der Waals surface area contributed by atoms with Crippen LogP contribution in [0.1, 0.15) is 0 Å². The standard InChI is InChI=1S/C10H8N2O4/c13-9(14)11-5-6-12(10(15)16)8-4-2-1-3-7(8)11/h1-6H,(H,13,14)(H,15,16). The van der Waals surface area contributed by atoms with Gasteiger partial charge in [-0.2, -0.15) is 0 Å². The van der Waals surface area contributed by atoms with Gasteiger partial charge in [0.15, 0.2) is 0 Å². The van der Waals surface area contributed by atoms with E-state index in [-0.39, 0.29) is 0 Å².